The smallest absolute Gasteiger partial charge is 0.244 e. The second-order valence-electron chi connectivity index (χ2n) is 8.03. The average molecular weight is 471 g/mol. The molecule has 0 spiro atoms. The number of nitrogens with one attached hydrogen (secondary N) is 1. The number of amides is 1. The fourth-order valence-electron chi connectivity index (χ4n) is 4.50. The largest absolute Gasteiger partial charge is 0.311 e. The van der Waals surface area contributed by atoms with Crippen LogP contribution in [0.2, 0.25) is 0 Å². The van der Waals surface area contributed by atoms with Crippen molar-refractivity contribution in [3.63, 3.8) is 0 Å². The molecule has 3 atom stereocenters. The molecule has 2 saturated heterocycles. The van der Waals surface area contributed by atoms with Crippen molar-refractivity contribution in [3.8, 4) is 0 Å². The third-order valence-corrected chi connectivity index (χ3v) is 8.05. The highest BCUT2D eigenvalue weighted by atomic mass is 32.2. The molecule has 3 heterocycles. The lowest BCUT2D eigenvalue weighted by molar-refractivity contribution is -0.121. The number of rotatable bonds is 6. The monoisotopic (exact) mass is 470 g/mol. The van der Waals surface area contributed by atoms with E-state index in [1.165, 1.54) is 23.5 Å². The van der Waals surface area contributed by atoms with Gasteiger partial charge >= 0.3 is 0 Å². The van der Waals surface area contributed by atoms with Crippen LogP contribution in [0.5, 0.6) is 0 Å². The maximum absolute atomic E-state index is 13.2. The van der Waals surface area contributed by atoms with E-state index in [9.17, 15) is 13.4 Å². The van der Waals surface area contributed by atoms with Crippen molar-refractivity contribution in [1.82, 2.24) is 9.88 Å². The topological polar surface area (TPSA) is 65.5 Å². The van der Waals surface area contributed by atoms with E-state index in [1.807, 2.05) is 34.5 Å². The molecule has 0 radical (unpaired) electrons. The van der Waals surface area contributed by atoms with Gasteiger partial charge in [0.2, 0.25) is 5.91 Å². The van der Waals surface area contributed by atoms with Crippen LogP contribution in [-0.4, -0.2) is 45.7 Å². The Morgan fingerprint density at radius 1 is 1.06 bits per heavy atom. The van der Waals surface area contributed by atoms with Crippen LogP contribution >= 0.6 is 11.3 Å². The number of carbonyl (C=O) groups excluding carboxylic acids is 1. The number of carbonyl (C=O) groups is 1. The number of benzene rings is 2. The van der Waals surface area contributed by atoms with E-state index in [0.29, 0.717) is 22.5 Å². The standard InChI is InChI=1S/C23H23FN4O2S2/c24-18-3-1-16(2-4-18)17-9-12-27(15-17)21-10-13-28(22(21)29)19-5-7-20(8-6-19)32(30)26-23-25-11-14-31-23/h1-8,11,14,17,21H,9-10,12-13,15H2,(H,25,26)/t17?,21-,32?/m0/s1. The highest BCUT2D eigenvalue weighted by Crippen LogP contribution is 2.32. The van der Waals surface area contributed by atoms with Crippen molar-refractivity contribution >= 4 is 39.0 Å². The SMILES string of the molecule is O=C1[C@@H](N2CCC(c3ccc(F)cc3)C2)CCN1c1ccc(S(=O)Nc2nccs2)cc1. The van der Waals surface area contributed by atoms with Gasteiger partial charge in [0.15, 0.2) is 16.1 Å². The first-order valence-electron chi connectivity index (χ1n) is 10.6. The lowest BCUT2D eigenvalue weighted by Crippen LogP contribution is -2.40. The molecule has 2 fully saturated rings. The summed E-state index contributed by atoms with van der Waals surface area (Å²) in [7, 11) is -1.40. The molecular weight excluding hydrogens is 447 g/mol. The summed E-state index contributed by atoms with van der Waals surface area (Å²) in [5.41, 5.74) is 1.95. The maximum Gasteiger partial charge on any atom is 0.244 e. The zero-order valence-electron chi connectivity index (χ0n) is 17.3. The number of anilines is 2. The molecule has 5 rings (SSSR count). The molecule has 9 heteroatoms. The second kappa shape index (κ2) is 9.09. The Labute approximate surface area is 192 Å². The van der Waals surface area contributed by atoms with Crippen molar-refractivity contribution < 1.29 is 13.4 Å². The summed E-state index contributed by atoms with van der Waals surface area (Å²) in [5.74, 6) is 0.218. The minimum atomic E-state index is -1.40. The molecule has 2 aliphatic heterocycles. The summed E-state index contributed by atoms with van der Waals surface area (Å²) in [5, 5.41) is 2.43. The summed E-state index contributed by atoms with van der Waals surface area (Å²) in [4.78, 5) is 22.0. The summed E-state index contributed by atoms with van der Waals surface area (Å²) < 4.78 is 28.6. The van der Waals surface area contributed by atoms with Crippen LogP contribution in [-0.2, 0) is 15.8 Å². The summed E-state index contributed by atoms with van der Waals surface area (Å²) >= 11 is 1.39. The van der Waals surface area contributed by atoms with Crippen LogP contribution < -0.4 is 9.62 Å². The van der Waals surface area contributed by atoms with Gasteiger partial charge in [-0.25, -0.2) is 13.6 Å². The van der Waals surface area contributed by atoms with E-state index in [4.69, 9.17) is 0 Å². The summed E-state index contributed by atoms with van der Waals surface area (Å²) in [6, 6.07) is 13.8. The van der Waals surface area contributed by atoms with Gasteiger partial charge < -0.3 is 4.90 Å². The first-order chi connectivity index (χ1) is 15.6. The normalized spacial score (nSPS) is 22.4. The van der Waals surface area contributed by atoms with Gasteiger partial charge in [-0.2, -0.15) is 0 Å². The Hall–Kier alpha value is -2.62. The molecule has 2 aliphatic rings. The third kappa shape index (κ3) is 4.32. The third-order valence-electron chi connectivity index (χ3n) is 6.15. The van der Waals surface area contributed by atoms with Crippen molar-refractivity contribution in [2.75, 3.05) is 29.3 Å². The predicted molar refractivity (Wildman–Crippen MR) is 125 cm³/mol. The molecule has 3 aromatic rings. The lowest BCUT2D eigenvalue weighted by atomic mass is 9.98. The van der Waals surface area contributed by atoms with Crippen LogP contribution in [0.1, 0.15) is 24.3 Å². The van der Waals surface area contributed by atoms with Crippen LogP contribution in [0.15, 0.2) is 65.0 Å². The molecule has 2 unspecified atom stereocenters. The van der Waals surface area contributed by atoms with E-state index >= 15 is 0 Å². The average Bonchev–Trinajstić information content (AvgIpc) is 3.56. The first-order valence-corrected chi connectivity index (χ1v) is 12.6. The molecule has 0 saturated carbocycles. The number of hydrogen-bond donors (Lipinski definition) is 1. The molecule has 1 N–H and O–H groups in total. The van der Waals surface area contributed by atoms with Gasteiger partial charge in [-0.3, -0.25) is 14.4 Å². The molecule has 1 aromatic heterocycles. The Morgan fingerprint density at radius 3 is 2.56 bits per heavy atom. The number of nitrogens with zero attached hydrogens (tertiary/aromatic N) is 3. The Kier molecular flexibility index (Phi) is 6.03. The molecule has 2 aromatic carbocycles. The van der Waals surface area contributed by atoms with E-state index in [-0.39, 0.29) is 17.8 Å². The van der Waals surface area contributed by atoms with Gasteiger partial charge in [0.1, 0.15) is 5.82 Å². The van der Waals surface area contributed by atoms with Crippen LogP contribution in [0.3, 0.4) is 0 Å². The first kappa shape index (κ1) is 21.2. The second-order valence-corrected chi connectivity index (χ2v) is 10.1. The molecule has 1 amide bonds. The summed E-state index contributed by atoms with van der Waals surface area (Å²) in [6.07, 6.45) is 3.42. The highest BCUT2D eigenvalue weighted by molar-refractivity contribution is 7.86. The van der Waals surface area contributed by atoms with Gasteiger partial charge in [0.25, 0.3) is 0 Å². The van der Waals surface area contributed by atoms with Crippen LogP contribution in [0.25, 0.3) is 0 Å². The predicted octanol–water partition coefficient (Wildman–Crippen LogP) is 4.01. The van der Waals surface area contributed by atoms with Crippen LogP contribution in [0, 0.1) is 5.82 Å². The molecular formula is C23H23FN4O2S2. The molecule has 6 nitrogen and oxygen atoms in total. The molecule has 166 valence electrons. The zero-order chi connectivity index (χ0) is 22.1. The minimum Gasteiger partial charge on any atom is -0.311 e. The fourth-order valence-corrected chi connectivity index (χ4v) is 6.00. The van der Waals surface area contributed by atoms with E-state index < -0.39 is 11.0 Å². The van der Waals surface area contributed by atoms with Crippen molar-refractivity contribution in [1.29, 1.82) is 0 Å². The van der Waals surface area contributed by atoms with Gasteiger partial charge in [0.05, 0.1) is 10.9 Å². The van der Waals surface area contributed by atoms with Gasteiger partial charge in [-0.15, -0.1) is 11.3 Å². The molecule has 0 bridgehead atoms. The Morgan fingerprint density at radius 2 is 1.84 bits per heavy atom. The van der Waals surface area contributed by atoms with E-state index in [1.54, 1.807) is 18.3 Å². The van der Waals surface area contributed by atoms with Gasteiger partial charge in [-0.1, -0.05) is 12.1 Å². The number of likely N-dealkylation sites (tertiary alicyclic amines) is 1. The highest BCUT2D eigenvalue weighted by Gasteiger charge is 2.39. The number of hydrogen-bond acceptors (Lipinski definition) is 5. The number of aromatic nitrogens is 1. The Balaban J connectivity index is 1.22. The van der Waals surface area contributed by atoms with E-state index in [0.717, 1.165) is 37.2 Å². The zero-order valence-corrected chi connectivity index (χ0v) is 18.9. The van der Waals surface area contributed by atoms with E-state index in [2.05, 4.69) is 14.6 Å². The molecule has 0 aliphatic carbocycles. The van der Waals surface area contributed by atoms with Gasteiger partial charge in [0, 0.05) is 30.4 Å². The Bertz CT molecular complexity index is 1110. The van der Waals surface area contributed by atoms with Crippen molar-refractivity contribution in [2.24, 2.45) is 0 Å². The maximum atomic E-state index is 13.2. The number of thiazole rings is 1. The number of halogens is 1. The minimum absolute atomic E-state index is 0.111. The van der Waals surface area contributed by atoms with Crippen molar-refractivity contribution in [3.05, 3.63) is 71.5 Å². The lowest BCUT2D eigenvalue weighted by Gasteiger charge is -2.23. The van der Waals surface area contributed by atoms with Gasteiger partial charge in [-0.05, 0) is 67.3 Å². The fraction of sp³-hybridized carbons (Fsp3) is 0.304. The summed E-state index contributed by atoms with van der Waals surface area (Å²) in [6.45, 7) is 2.35. The quantitative estimate of drug-likeness (QED) is 0.591. The molecule has 32 heavy (non-hydrogen) atoms. The van der Waals surface area contributed by atoms with Crippen LogP contribution in [0.4, 0.5) is 15.2 Å². The van der Waals surface area contributed by atoms with Crippen molar-refractivity contribution in [2.45, 2.75) is 29.7 Å².